The van der Waals surface area contributed by atoms with Crippen LogP contribution in [0, 0.1) is 5.92 Å². The van der Waals surface area contributed by atoms with E-state index < -0.39 is 16.0 Å². The fourth-order valence-electron chi connectivity index (χ4n) is 2.25. The van der Waals surface area contributed by atoms with Crippen LogP contribution in [-0.4, -0.2) is 36.9 Å². The summed E-state index contributed by atoms with van der Waals surface area (Å²) < 4.78 is 26.8. The van der Waals surface area contributed by atoms with E-state index in [-0.39, 0.29) is 11.3 Å². The quantitative estimate of drug-likeness (QED) is 0.798. The normalized spacial score (nSPS) is 15.3. The first-order valence-electron chi connectivity index (χ1n) is 7.24. The van der Waals surface area contributed by atoms with E-state index in [0.29, 0.717) is 24.6 Å². The van der Waals surface area contributed by atoms with Crippen LogP contribution in [0.15, 0.2) is 29.2 Å². The summed E-state index contributed by atoms with van der Waals surface area (Å²) in [5, 5.41) is 8.73. The molecule has 0 spiro atoms. The summed E-state index contributed by atoms with van der Waals surface area (Å²) in [6, 6.07) is 6.15. The molecule has 0 bridgehead atoms. The minimum Gasteiger partial charge on any atom is -0.481 e. The summed E-state index contributed by atoms with van der Waals surface area (Å²) in [4.78, 5) is 10.9. The van der Waals surface area contributed by atoms with Crippen molar-refractivity contribution in [3.05, 3.63) is 29.8 Å². The van der Waals surface area contributed by atoms with Crippen molar-refractivity contribution in [2.75, 3.05) is 13.1 Å². The van der Waals surface area contributed by atoms with Crippen LogP contribution in [0.5, 0.6) is 0 Å². The second-order valence-corrected chi connectivity index (χ2v) is 7.46. The van der Waals surface area contributed by atoms with Crippen molar-refractivity contribution >= 4 is 16.0 Å². The van der Waals surface area contributed by atoms with Crippen LogP contribution in [0.25, 0.3) is 0 Å². The van der Waals surface area contributed by atoms with Gasteiger partial charge >= 0.3 is 5.97 Å². The Morgan fingerprint density at radius 3 is 2.38 bits per heavy atom. The number of aliphatic carboxylic acids is 1. The van der Waals surface area contributed by atoms with Crippen molar-refractivity contribution in [1.29, 1.82) is 0 Å². The van der Waals surface area contributed by atoms with Crippen LogP contribution < -0.4 is 0 Å². The lowest BCUT2D eigenvalue weighted by atomic mass is 10.2. The van der Waals surface area contributed by atoms with E-state index in [1.54, 1.807) is 16.4 Å². The summed E-state index contributed by atoms with van der Waals surface area (Å²) in [5.74, 6) is -0.426. The Bertz CT molecular complexity index is 591. The molecule has 0 saturated heterocycles. The average molecular weight is 311 g/mol. The van der Waals surface area contributed by atoms with Gasteiger partial charge in [0, 0.05) is 13.1 Å². The van der Waals surface area contributed by atoms with Gasteiger partial charge in [0.15, 0.2) is 0 Å². The molecule has 6 heteroatoms. The van der Waals surface area contributed by atoms with Gasteiger partial charge in [0.1, 0.15) is 0 Å². The van der Waals surface area contributed by atoms with Gasteiger partial charge in [0.25, 0.3) is 0 Å². The van der Waals surface area contributed by atoms with Gasteiger partial charge in [-0.25, -0.2) is 8.42 Å². The molecule has 2 rings (SSSR count). The number of sulfonamides is 1. The van der Waals surface area contributed by atoms with Gasteiger partial charge in [0.2, 0.25) is 10.0 Å². The van der Waals surface area contributed by atoms with Crippen molar-refractivity contribution in [2.24, 2.45) is 5.92 Å². The lowest BCUT2D eigenvalue weighted by Gasteiger charge is -2.21. The number of carboxylic acids is 1. The van der Waals surface area contributed by atoms with Gasteiger partial charge in [-0.05, 0) is 42.9 Å². The summed E-state index contributed by atoms with van der Waals surface area (Å²) in [7, 11) is -3.48. The van der Waals surface area contributed by atoms with Gasteiger partial charge in [-0.1, -0.05) is 19.1 Å². The number of carbonyl (C=O) groups is 1. The van der Waals surface area contributed by atoms with E-state index in [0.717, 1.165) is 19.3 Å². The fraction of sp³-hybridized carbons (Fsp3) is 0.533. The smallest absolute Gasteiger partial charge is 0.307 e. The van der Waals surface area contributed by atoms with Crippen molar-refractivity contribution in [1.82, 2.24) is 4.31 Å². The Morgan fingerprint density at radius 2 is 1.90 bits per heavy atom. The Balaban J connectivity index is 2.17. The lowest BCUT2D eigenvalue weighted by Crippen LogP contribution is -2.33. The van der Waals surface area contributed by atoms with Crippen molar-refractivity contribution in [3.8, 4) is 0 Å². The molecule has 0 radical (unpaired) electrons. The third-order valence-electron chi connectivity index (χ3n) is 3.55. The number of hydrogen-bond acceptors (Lipinski definition) is 3. The number of rotatable bonds is 8. The van der Waals surface area contributed by atoms with Crippen LogP contribution >= 0.6 is 0 Å². The Morgan fingerprint density at radius 1 is 1.29 bits per heavy atom. The maximum absolute atomic E-state index is 12.6. The maximum atomic E-state index is 12.6. The first kappa shape index (κ1) is 16.0. The van der Waals surface area contributed by atoms with Gasteiger partial charge in [-0.3, -0.25) is 4.79 Å². The molecule has 1 N–H and O–H groups in total. The molecule has 0 amide bonds. The zero-order chi connectivity index (χ0) is 15.5. The fourth-order valence-corrected chi connectivity index (χ4v) is 3.86. The van der Waals surface area contributed by atoms with Gasteiger partial charge in [-0.2, -0.15) is 4.31 Å². The van der Waals surface area contributed by atoms with Crippen LogP contribution in [-0.2, 0) is 21.2 Å². The van der Waals surface area contributed by atoms with Crippen LogP contribution in [0.1, 0.15) is 31.7 Å². The van der Waals surface area contributed by atoms with E-state index >= 15 is 0 Å². The Kier molecular flexibility index (Phi) is 5.00. The third kappa shape index (κ3) is 4.28. The highest BCUT2D eigenvalue weighted by Crippen LogP contribution is 2.31. The Labute approximate surface area is 125 Å². The van der Waals surface area contributed by atoms with E-state index in [9.17, 15) is 13.2 Å². The molecule has 0 aromatic heterocycles. The molecular weight excluding hydrogens is 290 g/mol. The molecule has 0 aliphatic heterocycles. The summed E-state index contributed by atoms with van der Waals surface area (Å²) >= 11 is 0. The largest absolute Gasteiger partial charge is 0.481 e. The molecule has 1 aliphatic carbocycles. The van der Waals surface area contributed by atoms with E-state index in [1.165, 1.54) is 12.1 Å². The topological polar surface area (TPSA) is 74.7 Å². The highest BCUT2D eigenvalue weighted by atomic mass is 32.2. The maximum Gasteiger partial charge on any atom is 0.307 e. The van der Waals surface area contributed by atoms with E-state index in [2.05, 4.69) is 0 Å². The summed E-state index contributed by atoms with van der Waals surface area (Å²) in [6.45, 7) is 3.08. The molecule has 1 aromatic rings. The highest BCUT2D eigenvalue weighted by molar-refractivity contribution is 7.89. The Hall–Kier alpha value is -1.40. The van der Waals surface area contributed by atoms with Gasteiger partial charge in [-0.15, -0.1) is 0 Å². The van der Waals surface area contributed by atoms with Gasteiger partial charge < -0.3 is 5.11 Å². The molecular formula is C15H21NO4S. The molecule has 0 heterocycles. The van der Waals surface area contributed by atoms with Crippen LogP contribution in [0.2, 0.25) is 0 Å². The molecule has 1 aliphatic rings. The van der Waals surface area contributed by atoms with Gasteiger partial charge in [0.05, 0.1) is 11.3 Å². The predicted octanol–water partition coefficient (Wildman–Crippen LogP) is 2.12. The predicted molar refractivity (Wildman–Crippen MR) is 79.6 cm³/mol. The molecule has 0 atom stereocenters. The lowest BCUT2D eigenvalue weighted by molar-refractivity contribution is -0.136. The second kappa shape index (κ2) is 6.58. The molecule has 116 valence electrons. The van der Waals surface area contributed by atoms with Crippen LogP contribution in [0.3, 0.4) is 0 Å². The van der Waals surface area contributed by atoms with Crippen LogP contribution in [0.4, 0.5) is 0 Å². The average Bonchev–Trinajstić information content (AvgIpc) is 3.22. The van der Waals surface area contributed by atoms with Crippen molar-refractivity contribution in [2.45, 2.75) is 37.5 Å². The number of hydrogen-bond donors (Lipinski definition) is 1. The first-order valence-corrected chi connectivity index (χ1v) is 8.68. The first-order chi connectivity index (χ1) is 9.93. The number of benzene rings is 1. The standard InChI is InChI=1S/C15H21NO4S/c1-2-9-16(11-13-3-4-13)21(19,20)14-7-5-12(6-8-14)10-15(17)18/h5-8,13H,2-4,9-11H2,1H3,(H,17,18). The minimum absolute atomic E-state index is 0.0962. The van der Waals surface area contributed by atoms with Crippen molar-refractivity contribution < 1.29 is 18.3 Å². The SMILES string of the molecule is CCCN(CC1CC1)S(=O)(=O)c1ccc(CC(=O)O)cc1. The third-order valence-corrected chi connectivity index (χ3v) is 5.43. The second-order valence-electron chi connectivity index (χ2n) is 5.52. The zero-order valence-corrected chi connectivity index (χ0v) is 13.0. The molecule has 0 unspecified atom stereocenters. The molecule has 21 heavy (non-hydrogen) atoms. The highest BCUT2D eigenvalue weighted by Gasteiger charge is 2.31. The van der Waals surface area contributed by atoms with E-state index in [4.69, 9.17) is 5.11 Å². The molecule has 1 saturated carbocycles. The molecule has 5 nitrogen and oxygen atoms in total. The van der Waals surface area contributed by atoms with Crippen molar-refractivity contribution in [3.63, 3.8) is 0 Å². The number of nitrogens with zero attached hydrogens (tertiary/aromatic N) is 1. The number of carboxylic acid groups (broad SMARTS) is 1. The zero-order valence-electron chi connectivity index (χ0n) is 12.2. The summed E-state index contributed by atoms with van der Waals surface area (Å²) in [5.41, 5.74) is 0.602. The molecule has 1 aromatic carbocycles. The summed E-state index contributed by atoms with van der Waals surface area (Å²) in [6.07, 6.45) is 2.89. The minimum atomic E-state index is -3.48. The molecule has 1 fully saturated rings. The van der Waals surface area contributed by atoms with E-state index in [1.807, 2.05) is 6.92 Å². The monoisotopic (exact) mass is 311 g/mol.